The van der Waals surface area contributed by atoms with E-state index in [1.807, 2.05) is 0 Å². The molecule has 2 heteroatoms. The summed E-state index contributed by atoms with van der Waals surface area (Å²) in [4.78, 5) is 0. The first-order chi connectivity index (χ1) is 7.34. The standard InChI is InChI=1S/C13H17NO/c14-13-11-4-2-1-3-10(11)7-12(13)15-8-9-5-6-9/h1-4,9,12-13H,5-8,14H2/t12-,13-/m0/s1. The van der Waals surface area contributed by atoms with E-state index in [2.05, 4.69) is 24.3 Å². The van der Waals surface area contributed by atoms with Crippen molar-refractivity contribution in [2.45, 2.75) is 31.4 Å². The topological polar surface area (TPSA) is 35.2 Å². The Morgan fingerprint density at radius 3 is 2.80 bits per heavy atom. The quantitative estimate of drug-likeness (QED) is 0.816. The summed E-state index contributed by atoms with van der Waals surface area (Å²) in [7, 11) is 0. The van der Waals surface area contributed by atoms with Crippen LogP contribution in [-0.4, -0.2) is 12.7 Å². The number of hydrogen-bond donors (Lipinski definition) is 1. The van der Waals surface area contributed by atoms with Gasteiger partial charge in [0.2, 0.25) is 0 Å². The monoisotopic (exact) mass is 203 g/mol. The number of benzene rings is 1. The van der Waals surface area contributed by atoms with E-state index in [9.17, 15) is 0 Å². The highest BCUT2D eigenvalue weighted by Gasteiger charge is 2.31. The predicted octanol–water partition coefficient (Wildman–Crippen LogP) is 2.04. The van der Waals surface area contributed by atoms with E-state index >= 15 is 0 Å². The summed E-state index contributed by atoms with van der Waals surface area (Å²) < 4.78 is 5.90. The zero-order valence-electron chi connectivity index (χ0n) is 8.86. The van der Waals surface area contributed by atoms with Gasteiger partial charge in [-0.05, 0) is 29.9 Å². The maximum absolute atomic E-state index is 6.17. The van der Waals surface area contributed by atoms with Gasteiger partial charge in [-0.3, -0.25) is 0 Å². The van der Waals surface area contributed by atoms with Gasteiger partial charge >= 0.3 is 0 Å². The van der Waals surface area contributed by atoms with Crippen LogP contribution in [0.4, 0.5) is 0 Å². The molecule has 0 saturated heterocycles. The molecule has 2 aliphatic rings. The van der Waals surface area contributed by atoms with Gasteiger partial charge in [0.05, 0.1) is 12.1 Å². The van der Waals surface area contributed by atoms with Crippen molar-refractivity contribution < 1.29 is 4.74 Å². The van der Waals surface area contributed by atoms with Gasteiger partial charge in [0.1, 0.15) is 0 Å². The second kappa shape index (κ2) is 3.62. The van der Waals surface area contributed by atoms with Gasteiger partial charge in [-0.2, -0.15) is 0 Å². The van der Waals surface area contributed by atoms with Crippen molar-refractivity contribution in [3.05, 3.63) is 35.4 Å². The summed E-state index contributed by atoms with van der Waals surface area (Å²) in [5.74, 6) is 0.820. The van der Waals surface area contributed by atoms with E-state index in [4.69, 9.17) is 10.5 Å². The molecule has 1 saturated carbocycles. The van der Waals surface area contributed by atoms with E-state index in [0.29, 0.717) is 0 Å². The van der Waals surface area contributed by atoms with Crippen LogP contribution < -0.4 is 5.73 Å². The number of fused-ring (bicyclic) bond motifs is 1. The van der Waals surface area contributed by atoms with Crippen LogP contribution in [0, 0.1) is 5.92 Å². The lowest BCUT2D eigenvalue weighted by Crippen LogP contribution is -2.25. The minimum absolute atomic E-state index is 0.0833. The average molecular weight is 203 g/mol. The highest BCUT2D eigenvalue weighted by Crippen LogP contribution is 2.34. The molecule has 80 valence electrons. The normalized spacial score (nSPS) is 29.1. The lowest BCUT2D eigenvalue weighted by atomic mass is 10.1. The van der Waals surface area contributed by atoms with Crippen LogP contribution in [0.2, 0.25) is 0 Å². The van der Waals surface area contributed by atoms with Gasteiger partial charge in [0.15, 0.2) is 0 Å². The molecule has 0 unspecified atom stereocenters. The number of rotatable bonds is 3. The zero-order chi connectivity index (χ0) is 10.3. The number of ether oxygens (including phenoxy) is 1. The van der Waals surface area contributed by atoms with Crippen molar-refractivity contribution >= 4 is 0 Å². The van der Waals surface area contributed by atoms with Crippen LogP contribution in [-0.2, 0) is 11.2 Å². The Balaban J connectivity index is 1.68. The third-order valence-corrected chi connectivity index (χ3v) is 3.48. The van der Waals surface area contributed by atoms with Crippen molar-refractivity contribution in [2.24, 2.45) is 11.7 Å². The van der Waals surface area contributed by atoms with E-state index in [1.165, 1.54) is 24.0 Å². The van der Waals surface area contributed by atoms with E-state index in [0.717, 1.165) is 18.9 Å². The van der Waals surface area contributed by atoms with E-state index in [1.54, 1.807) is 0 Å². The van der Waals surface area contributed by atoms with E-state index in [-0.39, 0.29) is 12.1 Å². The largest absolute Gasteiger partial charge is 0.376 e. The fourth-order valence-corrected chi connectivity index (χ4v) is 2.30. The summed E-state index contributed by atoms with van der Waals surface area (Å²) in [6.45, 7) is 0.909. The smallest absolute Gasteiger partial charge is 0.0808 e. The van der Waals surface area contributed by atoms with E-state index < -0.39 is 0 Å². The molecule has 2 N–H and O–H groups in total. The first-order valence-electron chi connectivity index (χ1n) is 5.79. The maximum atomic E-state index is 6.17. The molecule has 2 nitrogen and oxygen atoms in total. The van der Waals surface area contributed by atoms with Crippen LogP contribution in [0.25, 0.3) is 0 Å². The Hall–Kier alpha value is -0.860. The highest BCUT2D eigenvalue weighted by atomic mass is 16.5. The molecule has 0 aliphatic heterocycles. The molecule has 1 aromatic rings. The van der Waals surface area contributed by atoms with Gasteiger partial charge in [-0.1, -0.05) is 24.3 Å². The second-order valence-corrected chi connectivity index (χ2v) is 4.74. The Bertz CT molecular complexity index is 359. The SMILES string of the molecule is N[C@H]1c2ccccc2C[C@@H]1OCC1CC1. The van der Waals surface area contributed by atoms with Crippen LogP contribution in [0.15, 0.2) is 24.3 Å². The summed E-state index contributed by atoms with van der Waals surface area (Å²) in [5.41, 5.74) is 8.81. The van der Waals surface area contributed by atoms with Crippen molar-refractivity contribution in [1.82, 2.24) is 0 Å². The molecular weight excluding hydrogens is 186 g/mol. The first-order valence-corrected chi connectivity index (χ1v) is 5.79. The molecule has 3 rings (SSSR count). The molecule has 0 bridgehead atoms. The Morgan fingerprint density at radius 2 is 2.07 bits per heavy atom. The molecule has 1 aromatic carbocycles. The van der Waals surface area contributed by atoms with Crippen LogP contribution >= 0.6 is 0 Å². The minimum Gasteiger partial charge on any atom is -0.376 e. The molecule has 0 spiro atoms. The number of hydrogen-bond acceptors (Lipinski definition) is 2. The summed E-state index contributed by atoms with van der Waals surface area (Å²) >= 11 is 0. The van der Waals surface area contributed by atoms with Crippen molar-refractivity contribution in [3.63, 3.8) is 0 Å². The molecule has 2 aliphatic carbocycles. The van der Waals surface area contributed by atoms with Crippen LogP contribution in [0.1, 0.15) is 30.0 Å². The number of nitrogens with two attached hydrogens (primary N) is 1. The molecule has 1 fully saturated rings. The third-order valence-electron chi connectivity index (χ3n) is 3.48. The lowest BCUT2D eigenvalue weighted by Gasteiger charge is -2.16. The van der Waals surface area contributed by atoms with Crippen molar-refractivity contribution in [3.8, 4) is 0 Å². The lowest BCUT2D eigenvalue weighted by molar-refractivity contribution is 0.0367. The van der Waals surface area contributed by atoms with Gasteiger partial charge in [-0.25, -0.2) is 0 Å². The van der Waals surface area contributed by atoms with Crippen molar-refractivity contribution in [1.29, 1.82) is 0 Å². The first kappa shape index (κ1) is 9.37. The summed E-state index contributed by atoms with van der Waals surface area (Å²) in [6.07, 6.45) is 3.89. The fourth-order valence-electron chi connectivity index (χ4n) is 2.30. The fraction of sp³-hybridized carbons (Fsp3) is 0.538. The Labute approximate surface area is 90.4 Å². The molecule has 0 amide bonds. The predicted molar refractivity (Wildman–Crippen MR) is 59.5 cm³/mol. The maximum Gasteiger partial charge on any atom is 0.0808 e. The van der Waals surface area contributed by atoms with Crippen LogP contribution in [0.3, 0.4) is 0 Å². The Morgan fingerprint density at radius 1 is 1.27 bits per heavy atom. The molecule has 2 atom stereocenters. The van der Waals surface area contributed by atoms with Gasteiger partial charge in [0, 0.05) is 13.0 Å². The van der Waals surface area contributed by atoms with Gasteiger partial charge in [-0.15, -0.1) is 0 Å². The molecule has 0 heterocycles. The molecular formula is C13H17NO. The molecule has 0 radical (unpaired) electrons. The Kier molecular flexibility index (Phi) is 2.26. The van der Waals surface area contributed by atoms with Crippen LogP contribution in [0.5, 0.6) is 0 Å². The zero-order valence-corrected chi connectivity index (χ0v) is 8.86. The second-order valence-electron chi connectivity index (χ2n) is 4.74. The minimum atomic E-state index is 0.0833. The molecule has 0 aromatic heterocycles. The third kappa shape index (κ3) is 1.80. The molecule has 15 heavy (non-hydrogen) atoms. The van der Waals surface area contributed by atoms with Gasteiger partial charge < -0.3 is 10.5 Å². The summed E-state index contributed by atoms with van der Waals surface area (Å²) in [6, 6.07) is 8.51. The van der Waals surface area contributed by atoms with Crippen molar-refractivity contribution in [2.75, 3.05) is 6.61 Å². The van der Waals surface area contributed by atoms with Gasteiger partial charge in [0.25, 0.3) is 0 Å². The summed E-state index contributed by atoms with van der Waals surface area (Å²) in [5, 5.41) is 0. The average Bonchev–Trinajstić information content (AvgIpc) is 3.03. The highest BCUT2D eigenvalue weighted by molar-refractivity contribution is 5.36.